The summed E-state index contributed by atoms with van der Waals surface area (Å²) < 4.78 is 42.1. The molecule has 3 aromatic heterocycles. The molecule has 0 bridgehead atoms. The lowest BCUT2D eigenvalue weighted by molar-refractivity contribution is -0.142. The van der Waals surface area contributed by atoms with Gasteiger partial charge in [-0.25, -0.2) is 9.50 Å². The Kier molecular flexibility index (Phi) is 5.78. The Morgan fingerprint density at radius 1 is 1.09 bits per heavy atom. The molecule has 1 aromatic carbocycles. The number of hydrogen-bond donors (Lipinski definition) is 1. The molecule has 0 aliphatic rings. The first-order valence-corrected chi connectivity index (χ1v) is 10.1. The smallest absolute Gasteiger partial charge is 0.304 e. The summed E-state index contributed by atoms with van der Waals surface area (Å²) in [5, 5.41) is 10.9. The van der Waals surface area contributed by atoms with E-state index in [9.17, 15) is 18.0 Å². The molecule has 0 unspecified atom stereocenters. The number of hydrogen-bond acceptors (Lipinski definition) is 4. The highest BCUT2D eigenvalue weighted by molar-refractivity contribution is 6.42. The molecule has 1 N–H and O–H groups in total. The summed E-state index contributed by atoms with van der Waals surface area (Å²) in [5.74, 6) is -0.672. The van der Waals surface area contributed by atoms with Crippen LogP contribution in [0.2, 0.25) is 15.1 Å². The number of halogens is 6. The number of alkyl halides is 3. The van der Waals surface area contributed by atoms with E-state index in [1.54, 1.807) is 24.4 Å². The van der Waals surface area contributed by atoms with Gasteiger partial charge in [0.2, 0.25) is 0 Å². The number of aromatic nitrogens is 5. The first kappa shape index (κ1) is 22.4. The third-order valence-corrected chi connectivity index (χ3v) is 5.46. The summed E-state index contributed by atoms with van der Waals surface area (Å²) in [7, 11) is 0. The predicted molar refractivity (Wildman–Crippen MR) is 113 cm³/mol. The van der Waals surface area contributed by atoms with Gasteiger partial charge in [0.15, 0.2) is 17.2 Å². The number of nitrogens with zero attached hydrogens (tertiary/aromatic N) is 5. The van der Waals surface area contributed by atoms with Crippen LogP contribution in [0, 0.1) is 6.92 Å². The van der Waals surface area contributed by atoms with Crippen LogP contribution in [0.5, 0.6) is 0 Å². The number of anilines is 1. The maximum atomic E-state index is 13.4. The first-order valence-electron chi connectivity index (χ1n) is 8.95. The van der Waals surface area contributed by atoms with E-state index in [0.29, 0.717) is 21.1 Å². The molecular formula is C19H12Cl3F3N6O. The van der Waals surface area contributed by atoms with Gasteiger partial charge in [0.05, 0.1) is 16.6 Å². The van der Waals surface area contributed by atoms with Gasteiger partial charge in [0.1, 0.15) is 10.7 Å². The molecule has 0 spiro atoms. The zero-order valence-corrected chi connectivity index (χ0v) is 18.4. The third kappa shape index (κ3) is 4.38. The van der Waals surface area contributed by atoms with Crippen molar-refractivity contribution < 1.29 is 18.0 Å². The molecule has 166 valence electrons. The van der Waals surface area contributed by atoms with Crippen LogP contribution in [0.15, 0.2) is 36.5 Å². The van der Waals surface area contributed by atoms with Gasteiger partial charge >= 0.3 is 6.18 Å². The second-order valence-corrected chi connectivity index (χ2v) is 7.97. The molecule has 0 fully saturated rings. The molecule has 0 radical (unpaired) electrons. The van der Waals surface area contributed by atoms with E-state index in [-0.39, 0.29) is 22.2 Å². The van der Waals surface area contributed by atoms with E-state index < -0.39 is 23.5 Å². The fourth-order valence-corrected chi connectivity index (χ4v) is 3.54. The van der Waals surface area contributed by atoms with Crippen molar-refractivity contribution in [1.82, 2.24) is 24.4 Å². The molecule has 0 atom stereocenters. The minimum atomic E-state index is -4.71. The second kappa shape index (κ2) is 8.27. The zero-order chi connectivity index (χ0) is 23.2. The lowest BCUT2D eigenvalue weighted by atomic mass is 10.2. The molecule has 4 aromatic rings. The van der Waals surface area contributed by atoms with Gasteiger partial charge in [0.25, 0.3) is 5.91 Å². The van der Waals surface area contributed by atoms with Gasteiger partial charge < -0.3 is 5.32 Å². The van der Waals surface area contributed by atoms with E-state index >= 15 is 0 Å². The van der Waals surface area contributed by atoms with Gasteiger partial charge in [-0.15, -0.1) is 0 Å². The molecule has 3 heterocycles. The van der Waals surface area contributed by atoms with E-state index in [0.717, 1.165) is 11.6 Å². The molecule has 13 heteroatoms. The van der Waals surface area contributed by atoms with Crippen LogP contribution in [0.3, 0.4) is 0 Å². The largest absolute Gasteiger partial charge is 0.433 e. The highest BCUT2D eigenvalue weighted by Crippen LogP contribution is 2.32. The molecule has 7 nitrogen and oxygen atoms in total. The van der Waals surface area contributed by atoms with Gasteiger partial charge in [-0.05, 0) is 30.7 Å². The molecule has 0 aliphatic carbocycles. The minimum Gasteiger partial charge on any atom is -0.304 e. The third-order valence-electron chi connectivity index (χ3n) is 4.38. The van der Waals surface area contributed by atoms with Gasteiger partial charge in [-0.3, -0.25) is 9.48 Å². The Morgan fingerprint density at radius 2 is 1.84 bits per heavy atom. The number of benzene rings is 1. The highest BCUT2D eigenvalue weighted by Gasteiger charge is 2.36. The molecule has 32 heavy (non-hydrogen) atoms. The summed E-state index contributed by atoms with van der Waals surface area (Å²) in [4.78, 5) is 16.6. The van der Waals surface area contributed by atoms with Crippen molar-refractivity contribution in [3.05, 3.63) is 74.2 Å². The quantitative estimate of drug-likeness (QED) is 0.398. The van der Waals surface area contributed by atoms with Crippen molar-refractivity contribution in [1.29, 1.82) is 0 Å². The van der Waals surface area contributed by atoms with E-state index in [1.807, 2.05) is 0 Å². The topological polar surface area (TPSA) is 77.1 Å². The number of amides is 1. The summed E-state index contributed by atoms with van der Waals surface area (Å²) in [6, 6.07) is 7.46. The van der Waals surface area contributed by atoms with Gasteiger partial charge in [0, 0.05) is 18.0 Å². The average molecular weight is 504 g/mol. The van der Waals surface area contributed by atoms with Crippen molar-refractivity contribution in [2.45, 2.75) is 19.6 Å². The SMILES string of the molecule is Cc1cc(C(F)(F)F)n2nc(C(=O)Nc3ccn(Cc4ccc(Cl)c(Cl)c4)n3)c(Cl)c2n1. The van der Waals surface area contributed by atoms with Crippen LogP contribution >= 0.6 is 34.8 Å². The molecule has 1 amide bonds. The first-order chi connectivity index (χ1) is 15.0. The fourth-order valence-electron chi connectivity index (χ4n) is 2.98. The summed E-state index contributed by atoms with van der Waals surface area (Å²) in [6.45, 7) is 1.73. The van der Waals surface area contributed by atoms with Gasteiger partial charge in [-0.2, -0.15) is 23.4 Å². The molecule has 4 rings (SSSR count). The lowest BCUT2D eigenvalue weighted by Gasteiger charge is -2.09. The van der Waals surface area contributed by atoms with Crippen molar-refractivity contribution in [2.24, 2.45) is 0 Å². The number of fused-ring (bicyclic) bond motifs is 1. The molecule has 0 saturated heterocycles. The Morgan fingerprint density at radius 3 is 2.53 bits per heavy atom. The van der Waals surface area contributed by atoms with E-state index in [2.05, 4.69) is 20.5 Å². The van der Waals surface area contributed by atoms with Crippen LogP contribution < -0.4 is 5.32 Å². The number of nitrogens with one attached hydrogen (secondary N) is 1. The van der Waals surface area contributed by atoms with Crippen LogP contribution in [-0.4, -0.2) is 30.3 Å². The minimum absolute atomic E-state index is 0.0830. The van der Waals surface area contributed by atoms with Crippen LogP contribution in [-0.2, 0) is 12.7 Å². The lowest BCUT2D eigenvalue weighted by Crippen LogP contribution is -2.16. The number of rotatable bonds is 4. The Bertz CT molecular complexity index is 1350. The van der Waals surface area contributed by atoms with Crippen LogP contribution in [0.25, 0.3) is 5.65 Å². The summed E-state index contributed by atoms with van der Waals surface area (Å²) in [6.07, 6.45) is -3.10. The zero-order valence-electron chi connectivity index (χ0n) is 16.1. The Labute approximate surface area is 193 Å². The Hall–Kier alpha value is -2.82. The average Bonchev–Trinajstić information content (AvgIpc) is 3.28. The van der Waals surface area contributed by atoms with Crippen molar-refractivity contribution in [2.75, 3.05) is 5.32 Å². The normalized spacial score (nSPS) is 11.8. The van der Waals surface area contributed by atoms with Crippen molar-refractivity contribution in [3.8, 4) is 0 Å². The monoisotopic (exact) mass is 502 g/mol. The number of carbonyl (C=O) groups is 1. The molecular weight excluding hydrogens is 492 g/mol. The fraction of sp³-hybridized carbons (Fsp3) is 0.158. The predicted octanol–water partition coefficient (Wildman–Crippen LogP) is 5.51. The maximum Gasteiger partial charge on any atom is 0.433 e. The summed E-state index contributed by atoms with van der Waals surface area (Å²) in [5.41, 5.74) is -0.861. The van der Waals surface area contributed by atoms with E-state index in [4.69, 9.17) is 34.8 Å². The standard InChI is InChI=1S/C19H12Cl3F3N6O/c1-9-6-13(19(23,24)25)31-17(26-9)15(22)16(29-31)18(32)27-14-4-5-30(28-14)8-10-2-3-11(20)12(21)7-10/h2-7H,8H2,1H3,(H,27,28,32). The number of carbonyl (C=O) groups excluding carboxylic acids is 1. The maximum absolute atomic E-state index is 13.4. The second-order valence-electron chi connectivity index (χ2n) is 6.78. The van der Waals surface area contributed by atoms with Crippen molar-refractivity contribution in [3.63, 3.8) is 0 Å². The highest BCUT2D eigenvalue weighted by atomic mass is 35.5. The van der Waals surface area contributed by atoms with E-state index in [1.165, 1.54) is 17.7 Å². The molecule has 0 aliphatic heterocycles. The Balaban J connectivity index is 1.58. The van der Waals surface area contributed by atoms with Crippen LogP contribution in [0.1, 0.15) is 27.4 Å². The van der Waals surface area contributed by atoms with Crippen LogP contribution in [0.4, 0.5) is 19.0 Å². The van der Waals surface area contributed by atoms with Crippen molar-refractivity contribution >= 4 is 52.2 Å². The molecule has 0 saturated carbocycles. The van der Waals surface area contributed by atoms with Gasteiger partial charge in [-0.1, -0.05) is 40.9 Å². The summed E-state index contributed by atoms with van der Waals surface area (Å²) >= 11 is 18.0. The number of aryl methyl sites for hydroxylation is 1.